The van der Waals surface area contributed by atoms with Crippen molar-refractivity contribution in [3.05, 3.63) is 29.8 Å². The Morgan fingerprint density at radius 2 is 2.08 bits per heavy atom. The molecule has 1 aromatic carbocycles. The van der Waals surface area contributed by atoms with E-state index < -0.39 is 6.10 Å². The van der Waals surface area contributed by atoms with Gasteiger partial charge in [-0.25, -0.2) is 0 Å². The number of nitrogens with one attached hydrogen (secondary N) is 1. The lowest BCUT2D eigenvalue weighted by Gasteiger charge is -2.30. The summed E-state index contributed by atoms with van der Waals surface area (Å²) in [6.45, 7) is 7.01. The molecule has 1 saturated heterocycles. The second kappa shape index (κ2) is 8.17. The third-order valence-electron chi connectivity index (χ3n) is 5.05. The van der Waals surface area contributed by atoms with E-state index >= 15 is 0 Å². The van der Waals surface area contributed by atoms with Crippen molar-refractivity contribution in [1.29, 1.82) is 0 Å². The fourth-order valence-corrected chi connectivity index (χ4v) is 3.16. The summed E-state index contributed by atoms with van der Waals surface area (Å²) < 4.78 is 10.9. The van der Waals surface area contributed by atoms with Gasteiger partial charge in [-0.2, -0.15) is 0 Å². The molecule has 0 unspecified atom stereocenters. The van der Waals surface area contributed by atoms with Crippen LogP contribution in [0, 0.1) is 12.3 Å². The van der Waals surface area contributed by atoms with Crippen molar-refractivity contribution < 1.29 is 19.4 Å². The highest BCUT2D eigenvalue weighted by Crippen LogP contribution is 2.45. The summed E-state index contributed by atoms with van der Waals surface area (Å²) in [5.74, 6) is 0.335. The Morgan fingerprint density at radius 3 is 2.76 bits per heavy atom. The number of carbonyl (C=O) groups excluding carboxylic acids is 1. The van der Waals surface area contributed by atoms with Gasteiger partial charge in [-0.05, 0) is 31.4 Å². The number of ether oxygens (including phenoxy) is 2. The maximum absolute atomic E-state index is 12.1. The van der Waals surface area contributed by atoms with E-state index in [0.29, 0.717) is 12.3 Å². The molecule has 6 nitrogen and oxygen atoms in total. The van der Waals surface area contributed by atoms with Crippen LogP contribution in [0.2, 0.25) is 0 Å². The molecule has 1 aliphatic heterocycles. The number of para-hydroxylation sites is 1. The van der Waals surface area contributed by atoms with Crippen LogP contribution in [0.15, 0.2) is 24.3 Å². The van der Waals surface area contributed by atoms with E-state index in [-0.39, 0.29) is 17.9 Å². The number of benzene rings is 1. The minimum absolute atomic E-state index is 0.0346. The Labute approximate surface area is 149 Å². The summed E-state index contributed by atoms with van der Waals surface area (Å²) in [4.78, 5) is 14.5. The van der Waals surface area contributed by atoms with E-state index in [4.69, 9.17) is 9.47 Å². The van der Waals surface area contributed by atoms with Crippen LogP contribution < -0.4 is 10.1 Å². The molecule has 1 saturated carbocycles. The standard InChI is InChI=1S/C19H28N2O4/c1-15-4-2-3-5-17(15)25-12-16(22)18(23)20-13-19(6-7-19)14-21-8-10-24-11-9-21/h2-5,16,22H,6-14H2,1H3,(H,20,23)/t16-/m1/s1. The van der Waals surface area contributed by atoms with Crippen molar-refractivity contribution >= 4 is 5.91 Å². The minimum Gasteiger partial charge on any atom is -0.490 e. The van der Waals surface area contributed by atoms with Crippen LogP contribution in [0.3, 0.4) is 0 Å². The molecule has 3 rings (SSSR count). The first-order valence-corrected chi connectivity index (χ1v) is 9.02. The highest BCUT2D eigenvalue weighted by Gasteiger charge is 2.44. The summed E-state index contributed by atoms with van der Waals surface area (Å²) >= 11 is 0. The lowest BCUT2D eigenvalue weighted by Crippen LogP contribution is -2.45. The SMILES string of the molecule is Cc1ccccc1OC[C@@H](O)C(=O)NCC1(CN2CCOCC2)CC1. The molecule has 1 aliphatic carbocycles. The van der Waals surface area contributed by atoms with E-state index in [9.17, 15) is 9.90 Å². The van der Waals surface area contributed by atoms with Gasteiger partial charge in [0.1, 0.15) is 12.4 Å². The third kappa shape index (κ3) is 5.17. The smallest absolute Gasteiger partial charge is 0.252 e. The lowest BCUT2D eigenvalue weighted by molar-refractivity contribution is -0.131. The average molecular weight is 348 g/mol. The van der Waals surface area contributed by atoms with Crippen molar-refractivity contribution in [1.82, 2.24) is 10.2 Å². The van der Waals surface area contributed by atoms with E-state index in [1.807, 2.05) is 31.2 Å². The summed E-state index contributed by atoms with van der Waals surface area (Å²) in [5.41, 5.74) is 1.15. The first-order chi connectivity index (χ1) is 12.1. The van der Waals surface area contributed by atoms with Crippen LogP contribution in [0.25, 0.3) is 0 Å². The maximum Gasteiger partial charge on any atom is 0.252 e. The average Bonchev–Trinajstić information content (AvgIpc) is 3.39. The van der Waals surface area contributed by atoms with Crippen molar-refractivity contribution in [2.45, 2.75) is 25.9 Å². The first kappa shape index (κ1) is 18.2. The third-order valence-corrected chi connectivity index (χ3v) is 5.05. The molecule has 6 heteroatoms. The van der Waals surface area contributed by atoms with Gasteiger partial charge in [0.05, 0.1) is 13.2 Å². The number of hydrogen-bond donors (Lipinski definition) is 2. The zero-order valence-corrected chi connectivity index (χ0v) is 14.9. The second-order valence-corrected chi connectivity index (χ2v) is 7.20. The molecule has 2 fully saturated rings. The minimum atomic E-state index is -1.15. The molecule has 0 bridgehead atoms. The molecule has 1 amide bonds. The van der Waals surface area contributed by atoms with E-state index in [0.717, 1.165) is 51.3 Å². The van der Waals surface area contributed by atoms with Crippen LogP contribution in [-0.2, 0) is 9.53 Å². The molecule has 0 aromatic heterocycles. The second-order valence-electron chi connectivity index (χ2n) is 7.20. The molecule has 25 heavy (non-hydrogen) atoms. The van der Waals surface area contributed by atoms with Crippen molar-refractivity contribution in [2.75, 3.05) is 46.0 Å². The van der Waals surface area contributed by atoms with E-state index in [2.05, 4.69) is 10.2 Å². The number of aliphatic hydroxyl groups is 1. The highest BCUT2D eigenvalue weighted by atomic mass is 16.5. The Bertz CT molecular complexity index is 583. The molecular weight excluding hydrogens is 320 g/mol. The molecule has 1 aromatic rings. The summed E-state index contributed by atoms with van der Waals surface area (Å²) in [6.07, 6.45) is 1.10. The normalized spacial score (nSPS) is 20.7. The number of morpholine rings is 1. The van der Waals surface area contributed by atoms with Gasteiger partial charge >= 0.3 is 0 Å². The zero-order chi connectivity index (χ0) is 17.7. The summed E-state index contributed by atoms with van der Waals surface area (Å²) in [5, 5.41) is 12.9. The molecule has 138 valence electrons. The van der Waals surface area contributed by atoms with E-state index in [1.54, 1.807) is 0 Å². The summed E-state index contributed by atoms with van der Waals surface area (Å²) in [6, 6.07) is 7.57. The van der Waals surface area contributed by atoms with Gasteiger partial charge in [0.15, 0.2) is 6.10 Å². The lowest BCUT2D eigenvalue weighted by atomic mass is 10.1. The fourth-order valence-electron chi connectivity index (χ4n) is 3.16. The number of nitrogens with zero attached hydrogens (tertiary/aromatic N) is 1. The number of aryl methyl sites for hydroxylation is 1. The van der Waals surface area contributed by atoms with Crippen molar-refractivity contribution in [3.8, 4) is 5.75 Å². The van der Waals surface area contributed by atoms with Gasteiger partial charge in [0.25, 0.3) is 5.91 Å². The van der Waals surface area contributed by atoms with Crippen LogP contribution >= 0.6 is 0 Å². The van der Waals surface area contributed by atoms with Crippen molar-refractivity contribution in [3.63, 3.8) is 0 Å². The fraction of sp³-hybridized carbons (Fsp3) is 0.632. The molecule has 1 atom stereocenters. The van der Waals surface area contributed by atoms with Crippen LogP contribution in [-0.4, -0.2) is 68.0 Å². The van der Waals surface area contributed by atoms with Crippen molar-refractivity contribution in [2.24, 2.45) is 5.41 Å². The topological polar surface area (TPSA) is 71.0 Å². The Kier molecular flexibility index (Phi) is 5.93. The number of carbonyl (C=O) groups is 1. The Morgan fingerprint density at radius 1 is 1.36 bits per heavy atom. The Balaban J connectivity index is 1.40. The van der Waals surface area contributed by atoms with Crippen LogP contribution in [0.5, 0.6) is 5.75 Å². The molecule has 0 radical (unpaired) electrons. The molecular formula is C19H28N2O4. The van der Waals surface area contributed by atoms with Gasteiger partial charge in [-0.3, -0.25) is 9.69 Å². The first-order valence-electron chi connectivity index (χ1n) is 9.02. The number of amides is 1. The zero-order valence-electron chi connectivity index (χ0n) is 14.9. The van der Waals surface area contributed by atoms with Gasteiger partial charge in [0.2, 0.25) is 0 Å². The molecule has 0 spiro atoms. The number of aliphatic hydroxyl groups excluding tert-OH is 1. The highest BCUT2D eigenvalue weighted by molar-refractivity contribution is 5.80. The summed E-state index contributed by atoms with van der Waals surface area (Å²) in [7, 11) is 0. The van der Waals surface area contributed by atoms with Gasteiger partial charge in [0, 0.05) is 31.6 Å². The predicted molar refractivity (Wildman–Crippen MR) is 94.6 cm³/mol. The molecule has 2 aliphatic rings. The van der Waals surface area contributed by atoms with Gasteiger partial charge in [-0.1, -0.05) is 18.2 Å². The van der Waals surface area contributed by atoms with Gasteiger partial charge in [-0.15, -0.1) is 0 Å². The van der Waals surface area contributed by atoms with Crippen LogP contribution in [0.1, 0.15) is 18.4 Å². The largest absolute Gasteiger partial charge is 0.490 e. The molecule has 2 N–H and O–H groups in total. The maximum atomic E-state index is 12.1. The molecule has 1 heterocycles. The number of rotatable bonds is 8. The quantitative estimate of drug-likeness (QED) is 0.732. The Hall–Kier alpha value is -1.63. The van der Waals surface area contributed by atoms with Gasteiger partial charge < -0.3 is 19.9 Å². The predicted octanol–water partition coefficient (Wildman–Crippen LogP) is 0.963. The van der Waals surface area contributed by atoms with E-state index in [1.165, 1.54) is 0 Å². The monoisotopic (exact) mass is 348 g/mol. The number of hydrogen-bond acceptors (Lipinski definition) is 5. The van der Waals surface area contributed by atoms with Crippen LogP contribution in [0.4, 0.5) is 0 Å².